The Kier molecular flexibility index (Phi) is 6.63. The summed E-state index contributed by atoms with van der Waals surface area (Å²) in [5.41, 5.74) is 8.67. The fourth-order valence-corrected chi connectivity index (χ4v) is 4.47. The minimum Gasteiger partial charge on any atom is -0.348 e. The number of aromatic nitrogens is 3. The molecule has 0 aliphatic heterocycles. The second-order valence-corrected chi connectivity index (χ2v) is 9.00. The van der Waals surface area contributed by atoms with Crippen LogP contribution in [0.5, 0.6) is 0 Å². The van der Waals surface area contributed by atoms with Gasteiger partial charge < -0.3 is 5.32 Å². The molecule has 0 saturated heterocycles. The van der Waals surface area contributed by atoms with E-state index in [1.165, 1.54) is 11.1 Å². The van der Waals surface area contributed by atoms with E-state index in [-0.39, 0.29) is 5.91 Å². The Labute approximate surface area is 211 Å². The number of amides is 1. The van der Waals surface area contributed by atoms with E-state index in [1.54, 1.807) is 0 Å². The van der Waals surface area contributed by atoms with Gasteiger partial charge in [-0.15, -0.1) is 0 Å². The summed E-state index contributed by atoms with van der Waals surface area (Å²) in [7, 11) is 0. The molecule has 5 heteroatoms. The Hall–Kier alpha value is -4.25. The number of nitrogens with one attached hydrogen (secondary N) is 1. The van der Waals surface area contributed by atoms with E-state index < -0.39 is 0 Å². The average molecular weight is 475 g/mol. The Balaban J connectivity index is 1.48. The highest BCUT2D eigenvalue weighted by Gasteiger charge is 2.17. The van der Waals surface area contributed by atoms with Gasteiger partial charge in [-0.2, -0.15) is 5.10 Å². The lowest BCUT2D eigenvalue weighted by molar-refractivity contribution is 0.0952. The van der Waals surface area contributed by atoms with Gasteiger partial charge in [-0.25, -0.2) is 9.67 Å². The normalized spacial score (nSPS) is 11.1. The van der Waals surface area contributed by atoms with Crippen molar-refractivity contribution in [1.29, 1.82) is 0 Å². The number of benzene rings is 3. The number of hydrogen-bond acceptors (Lipinski definition) is 3. The number of hydrogen-bond donors (Lipinski definition) is 1. The Morgan fingerprint density at radius 3 is 2.19 bits per heavy atom. The molecule has 0 atom stereocenters. The van der Waals surface area contributed by atoms with Crippen LogP contribution in [0.1, 0.15) is 46.6 Å². The summed E-state index contributed by atoms with van der Waals surface area (Å²) in [4.78, 5) is 18.2. The molecule has 0 aliphatic rings. The SMILES string of the molecule is CCc1ccc(CNC(=O)c2cc(-c3cnn(-c4ccc(CC)cc4)c3C)nc3ccccc23)cc1. The van der Waals surface area contributed by atoms with Gasteiger partial charge in [0, 0.05) is 17.5 Å². The summed E-state index contributed by atoms with van der Waals surface area (Å²) in [5, 5.41) is 8.56. The minimum absolute atomic E-state index is 0.116. The Bertz CT molecular complexity index is 1520. The van der Waals surface area contributed by atoms with Crippen molar-refractivity contribution in [2.24, 2.45) is 0 Å². The van der Waals surface area contributed by atoms with Crippen LogP contribution in [0.4, 0.5) is 0 Å². The molecule has 5 rings (SSSR count). The molecule has 0 fully saturated rings. The first-order chi connectivity index (χ1) is 17.6. The molecule has 36 heavy (non-hydrogen) atoms. The number of carbonyl (C=O) groups is 1. The molecule has 0 aliphatic carbocycles. The van der Waals surface area contributed by atoms with Gasteiger partial charge in [0.2, 0.25) is 0 Å². The van der Waals surface area contributed by atoms with Crippen molar-refractivity contribution in [2.45, 2.75) is 40.2 Å². The number of rotatable bonds is 7. The monoisotopic (exact) mass is 474 g/mol. The lowest BCUT2D eigenvalue weighted by atomic mass is 10.0. The quantitative estimate of drug-likeness (QED) is 0.295. The third-order valence-corrected chi connectivity index (χ3v) is 6.72. The number of fused-ring (bicyclic) bond motifs is 1. The van der Waals surface area contributed by atoms with Crippen LogP contribution in [0.15, 0.2) is 85.1 Å². The fourth-order valence-electron chi connectivity index (χ4n) is 4.47. The van der Waals surface area contributed by atoms with Crippen molar-refractivity contribution < 1.29 is 4.79 Å². The molecular formula is C31H30N4O. The van der Waals surface area contributed by atoms with Crippen LogP contribution in [-0.4, -0.2) is 20.7 Å². The van der Waals surface area contributed by atoms with Crippen LogP contribution in [0.25, 0.3) is 27.8 Å². The zero-order valence-corrected chi connectivity index (χ0v) is 21.0. The summed E-state index contributed by atoms with van der Waals surface area (Å²) >= 11 is 0. The second-order valence-electron chi connectivity index (χ2n) is 9.00. The number of pyridine rings is 1. The van der Waals surface area contributed by atoms with Gasteiger partial charge in [-0.05, 0) is 60.7 Å². The zero-order valence-electron chi connectivity index (χ0n) is 21.0. The molecule has 0 unspecified atom stereocenters. The summed E-state index contributed by atoms with van der Waals surface area (Å²) in [5.74, 6) is -0.116. The van der Waals surface area contributed by atoms with Crippen LogP contribution in [-0.2, 0) is 19.4 Å². The topological polar surface area (TPSA) is 59.8 Å². The van der Waals surface area contributed by atoms with Gasteiger partial charge in [-0.1, -0.05) is 68.4 Å². The molecule has 5 nitrogen and oxygen atoms in total. The van der Waals surface area contributed by atoms with Crippen molar-refractivity contribution in [2.75, 3.05) is 0 Å². The van der Waals surface area contributed by atoms with Gasteiger partial charge in [0.1, 0.15) is 0 Å². The van der Waals surface area contributed by atoms with Crippen LogP contribution < -0.4 is 5.32 Å². The molecule has 0 saturated carbocycles. The zero-order chi connectivity index (χ0) is 25.1. The van der Waals surface area contributed by atoms with Crippen molar-refractivity contribution >= 4 is 16.8 Å². The first-order valence-corrected chi connectivity index (χ1v) is 12.5. The third-order valence-electron chi connectivity index (χ3n) is 6.72. The molecule has 0 bridgehead atoms. The largest absolute Gasteiger partial charge is 0.348 e. The van der Waals surface area contributed by atoms with Crippen LogP contribution in [0, 0.1) is 6.92 Å². The van der Waals surface area contributed by atoms with E-state index in [9.17, 15) is 4.79 Å². The van der Waals surface area contributed by atoms with Crippen molar-refractivity contribution in [3.8, 4) is 16.9 Å². The molecule has 1 N–H and O–H groups in total. The smallest absolute Gasteiger partial charge is 0.252 e. The maximum atomic E-state index is 13.4. The predicted octanol–water partition coefficient (Wildman–Crippen LogP) is 6.45. The molecule has 1 amide bonds. The standard InChI is InChI=1S/C31H30N4O/c1-4-22-10-12-24(13-11-22)19-32-31(36)27-18-30(34-29-9-7-6-8-26(27)29)28-20-33-35(21(28)3)25-16-14-23(5-2)15-17-25/h6-18,20H,4-5,19H2,1-3H3,(H,32,36). The highest BCUT2D eigenvalue weighted by atomic mass is 16.1. The first-order valence-electron chi connectivity index (χ1n) is 12.5. The molecular weight excluding hydrogens is 444 g/mol. The van der Waals surface area contributed by atoms with Gasteiger partial charge in [-0.3, -0.25) is 4.79 Å². The van der Waals surface area contributed by atoms with Gasteiger partial charge in [0.05, 0.1) is 34.4 Å². The summed E-state index contributed by atoms with van der Waals surface area (Å²) in [6.07, 6.45) is 3.83. The van der Waals surface area contributed by atoms with E-state index in [4.69, 9.17) is 4.98 Å². The number of para-hydroxylation sites is 1. The number of aryl methyl sites for hydroxylation is 2. The predicted molar refractivity (Wildman–Crippen MR) is 145 cm³/mol. The van der Waals surface area contributed by atoms with Crippen molar-refractivity contribution in [3.05, 3.63) is 113 Å². The summed E-state index contributed by atoms with van der Waals surface area (Å²) < 4.78 is 1.92. The summed E-state index contributed by atoms with van der Waals surface area (Å²) in [6, 6.07) is 26.4. The third kappa shape index (κ3) is 4.65. The Morgan fingerprint density at radius 2 is 1.50 bits per heavy atom. The molecule has 3 aromatic carbocycles. The molecule has 2 aromatic heterocycles. The molecule has 0 spiro atoms. The average Bonchev–Trinajstić information content (AvgIpc) is 3.32. The highest BCUT2D eigenvalue weighted by Crippen LogP contribution is 2.28. The second kappa shape index (κ2) is 10.2. The number of carbonyl (C=O) groups excluding carboxylic acids is 1. The lowest BCUT2D eigenvalue weighted by Gasteiger charge is -2.11. The van der Waals surface area contributed by atoms with E-state index >= 15 is 0 Å². The molecule has 0 radical (unpaired) electrons. The summed E-state index contributed by atoms with van der Waals surface area (Å²) in [6.45, 7) is 6.79. The first kappa shape index (κ1) is 23.5. The van der Waals surface area contributed by atoms with Crippen molar-refractivity contribution in [3.63, 3.8) is 0 Å². The van der Waals surface area contributed by atoms with Gasteiger partial charge >= 0.3 is 0 Å². The van der Waals surface area contributed by atoms with E-state index in [2.05, 4.69) is 72.8 Å². The van der Waals surface area contributed by atoms with Gasteiger partial charge in [0.15, 0.2) is 0 Å². The lowest BCUT2D eigenvalue weighted by Crippen LogP contribution is -2.23. The van der Waals surface area contributed by atoms with Crippen molar-refractivity contribution in [1.82, 2.24) is 20.1 Å². The maximum absolute atomic E-state index is 13.4. The van der Waals surface area contributed by atoms with E-state index in [0.29, 0.717) is 12.1 Å². The minimum atomic E-state index is -0.116. The van der Waals surface area contributed by atoms with Crippen LogP contribution >= 0.6 is 0 Å². The van der Waals surface area contributed by atoms with Crippen LogP contribution in [0.3, 0.4) is 0 Å². The highest BCUT2D eigenvalue weighted by molar-refractivity contribution is 6.07. The molecule has 5 aromatic rings. The molecule has 180 valence electrons. The Morgan fingerprint density at radius 1 is 0.861 bits per heavy atom. The van der Waals surface area contributed by atoms with Crippen LogP contribution in [0.2, 0.25) is 0 Å². The number of nitrogens with zero attached hydrogens (tertiary/aromatic N) is 3. The maximum Gasteiger partial charge on any atom is 0.252 e. The fraction of sp³-hybridized carbons (Fsp3) is 0.194. The van der Waals surface area contributed by atoms with Gasteiger partial charge in [0.25, 0.3) is 5.91 Å². The molecule has 2 heterocycles. The van der Waals surface area contributed by atoms with E-state index in [1.807, 2.05) is 48.1 Å². The van der Waals surface area contributed by atoms with E-state index in [0.717, 1.165) is 51.9 Å².